The van der Waals surface area contributed by atoms with Crippen molar-refractivity contribution in [3.63, 3.8) is 0 Å². The van der Waals surface area contributed by atoms with E-state index in [4.69, 9.17) is 23.2 Å². The lowest BCUT2D eigenvalue weighted by Crippen LogP contribution is -2.16. The van der Waals surface area contributed by atoms with Crippen LogP contribution in [0.15, 0.2) is 36.4 Å². The summed E-state index contributed by atoms with van der Waals surface area (Å²) in [6.07, 6.45) is 0.989. The van der Waals surface area contributed by atoms with Crippen LogP contribution in [0, 0.1) is 0 Å². The molecule has 1 unspecified atom stereocenters. The molecule has 1 N–H and O–H groups in total. The van der Waals surface area contributed by atoms with Crippen LogP contribution in [0.25, 0.3) is 0 Å². The van der Waals surface area contributed by atoms with Crippen molar-refractivity contribution in [1.29, 1.82) is 0 Å². The van der Waals surface area contributed by atoms with Gasteiger partial charge in [-0.15, -0.1) is 0 Å². The second-order valence-corrected chi connectivity index (χ2v) is 5.61. The number of benzene rings is 1. The lowest BCUT2D eigenvalue weighted by molar-refractivity contribution is 0.102. The molecule has 0 aliphatic carbocycles. The van der Waals surface area contributed by atoms with E-state index in [2.05, 4.69) is 24.1 Å². The van der Waals surface area contributed by atoms with E-state index in [9.17, 15) is 4.79 Å². The number of nitrogens with zero attached hydrogens (tertiary/aromatic N) is 1. The third-order valence-corrected chi connectivity index (χ3v) is 3.89. The molecule has 0 aliphatic rings. The predicted octanol–water partition coefficient (Wildman–Crippen LogP) is 5.15. The van der Waals surface area contributed by atoms with Crippen LogP contribution in [-0.2, 0) is 0 Å². The molecule has 0 saturated carbocycles. The molecule has 1 heterocycles. The maximum atomic E-state index is 12.3. The number of carbonyl (C=O) groups is 1. The summed E-state index contributed by atoms with van der Waals surface area (Å²) in [5.74, 6) is -0.0115. The third-order valence-electron chi connectivity index (χ3n) is 3.38. The highest BCUT2D eigenvalue weighted by Crippen LogP contribution is 2.27. The Morgan fingerprint density at radius 2 is 1.95 bits per heavy atom. The Morgan fingerprint density at radius 1 is 1.24 bits per heavy atom. The number of amides is 1. The van der Waals surface area contributed by atoms with Gasteiger partial charge < -0.3 is 5.32 Å². The molecule has 0 bridgehead atoms. The van der Waals surface area contributed by atoms with E-state index in [1.807, 2.05) is 24.3 Å². The van der Waals surface area contributed by atoms with Gasteiger partial charge in [0.1, 0.15) is 10.8 Å². The number of hydrogen-bond donors (Lipinski definition) is 1. The first-order chi connectivity index (χ1) is 10.0. The average molecular weight is 323 g/mol. The maximum Gasteiger partial charge on any atom is 0.275 e. The van der Waals surface area contributed by atoms with Crippen molar-refractivity contribution in [2.75, 3.05) is 5.32 Å². The molecule has 0 aliphatic heterocycles. The van der Waals surface area contributed by atoms with Crippen LogP contribution < -0.4 is 5.32 Å². The zero-order valence-corrected chi connectivity index (χ0v) is 13.4. The molecule has 1 amide bonds. The van der Waals surface area contributed by atoms with Gasteiger partial charge in [-0.1, -0.05) is 55.2 Å². The summed E-state index contributed by atoms with van der Waals surface area (Å²) in [5, 5.41) is 3.38. The van der Waals surface area contributed by atoms with Gasteiger partial charge >= 0.3 is 0 Å². The molecule has 1 aromatic heterocycles. The van der Waals surface area contributed by atoms with Crippen LogP contribution in [-0.4, -0.2) is 10.9 Å². The van der Waals surface area contributed by atoms with E-state index in [1.165, 1.54) is 0 Å². The standard InChI is InChI=1S/C16H16Cl2N2O/c1-3-10(2)11-6-4-5-7-13(11)19-16(21)15-12(17)8-9-14(18)20-15/h4-10H,3H2,1-2H3,(H,19,21). The molecule has 0 saturated heterocycles. The quantitative estimate of drug-likeness (QED) is 0.790. The summed E-state index contributed by atoms with van der Waals surface area (Å²) in [4.78, 5) is 16.3. The van der Waals surface area contributed by atoms with Gasteiger partial charge in [-0.2, -0.15) is 0 Å². The van der Waals surface area contributed by atoms with Crippen molar-refractivity contribution in [2.24, 2.45) is 0 Å². The first-order valence-corrected chi connectivity index (χ1v) is 7.50. The third kappa shape index (κ3) is 3.74. The zero-order valence-electron chi connectivity index (χ0n) is 11.9. The molecular weight excluding hydrogens is 307 g/mol. The Bertz CT molecular complexity index is 658. The first-order valence-electron chi connectivity index (χ1n) is 6.75. The van der Waals surface area contributed by atoms with E-state index >= 15 is 0 Å². The van der Waals surface area contributed by atoms with Crippen LogP contribution in [0.2, 0.25) is 10.2 Å². The first kappa shape index (κ1) is 15.8. The molecule has 0 spiro atoms. The fourth-order valence-electron chi connectivity index (χ4n) is 2.02. The Morgan fingerprint density at radius 3 is 2.67 bits per heavy atom. The van der Waals surface area contributed by atoms with Crippen LogP contribution in [0.1, 0.15) is 42.2 Å². The van der Waals surface area contributed by atoms with Gasteiger partial charge in [-0.05, 0) is 36.1 Å². The summed E-state index contributed by atoms with van der Waals surface area (Å²) in [6.45, 7) is 4.23. The highest BCUT2D eigenvalue weighted by molar-refractivity contribution is 6.35. The van der Waals surface area contributed by atoms with Gasteiger partial charge in [-0.3, -0.25) is 4.79 Å². The van der Waals surface area contributed by atoms with Gasteiger partial charge in [-0.25, -0.2) is 4.98 Å². The SMILES string of the molecule is CCC(C)c1ccccc1NC(=O)c1nc(Cl)ccc1Cl. The van der Waals surface area contributed by atoms with Crippen molar-refractivity contribution in [1.82, 2.24) is 4.98 Å². The summed E-state index contributed by atoms with van der Waals surface area (Å²) >= 11 is 11.8. The fraction of sp³-hybridized carbons (Fsp3) is 0.250. The molecule has 2 aromatic rings. The van der Waals surface area contributed by atoms with Crippen LogP contribution in [0.3, 0.4) is 0 Å². The van der Waals surface area contributed by atoms with Crippen molar-refractivity contribution < 1.29 is 4.79 Å². The molecular formula is C16H16Cl2N2O. The van der Waals surface area contributed by atoms with Crippen molar-refractivity contribution in [3.8, 4) is 0 Å². The predicted molar refractivity (Wildman–Crippen MR) is 87.4 cm³/mol. The summed E-state index contributed by atoms with van der Waals surface area (Å²) in [7, 11) is 0. The van der Waals surface area contributed by atoms with Crippen molar-refractivity contribution in [2.45, 2.75) is 26.2 Å². The molecule has 110 valence electrons. The van der Waals surface area contributed by atoms with E-state index in [-0.39, 0.29) is 21.8 Å². The normalized spacial score (nSPS) is 12.0. The van der Waals surface area contributed by atoms with Crippen molar-refractivity contribution >= 4 is 34.8 Å². The summed E-state index contributed by atoms with van der Waals surface area (Å²) < 4.78 is 0. The number of carbonyl (C=O) groups excluding carboxylic acids is 1. The van der Waals surface area contributed by atoms with Crippen LogP contribution in [0.4, 0.5) is 5.69 Å². The monoisotopic (exact) mass is 322 g/mol. The molecule has 21 heavy (non-hydrogen) atoms. The fourth-order valence-corrected chi connectivity index (χ4v) is 2.36. The number of para-hydroxylation sites is 1. The number of halogens is 2. The zero-order chi connectivity index (χ0) is 15.4. The smallest absolute Gasteiger partial charge is 0.275 e. The van der Waals surface area contributed by atoms with E-state index in [0.29, 0.717) is 5.92 Å². The highest BCUT2D eigenvalue weighted by Gasteiger charge is 2.16. The van der Waals surface area contributed by atoms with Crippen LogP contribution >= 0.6 is 23.2 Å². The molecule has 0 fully saturated rings. The van der Waals surface area contributed by atoms with E-state index in [1.54, 1.807) is 12.1 Å². The van der Waals surface area contributed by atoms with Crippen molar-refractivity contribution in [3.05, 3.63) is 57.8 Å². The van der Waals surface area contributed by atoms with Gasteiger partial charge in [0.2, 0.25) is 0 Å². The molecule has 0 radical (unpaired) electrons. The lowest BCUT2D eigenvalue weighted by atomic mass is 9.97. The molecule has 3 nitrogen and oxygen atoms in total. The minimum atomic E-state index is -0.363. The number of pyridine rings is 1. The second kappa shape index (κ2) is 6.92. The van der Waals surface area contributed by atoms with E-state index < -0.39 is 0 Å². The van der Waals surface area contributed by atoms with E-state index in [0.717, 1.165) is 17.7 Å². The topological polar surface area (TPSA) is 42.0 Å². The minimum Gasteiger partial charge on any atom is -0.320 e. The van der Waals surface area contributed by atoms with Gasteiger partial charge in [0.25, 0.3) is 5.91 Å². The van der Waals surface area contributed by atoms with Gasteiger partial charge in [0, 0.05) is 5.69 Å². The largest absolute Gasteiger partial charge is 0.320 e. The number of rotatable bonds is 4. The summed E-state index contributed by atoms with van der Waals surface area (Å²) in [6, 6.07) is 10.8. The van der Waals surface area contributed by atoms with Crippen LogP contribution in [0.5, 0.6) is 0 Å². The lowest BCUT2D eigenvalue weighted by Gasteiger charge is -2.15. The van der Waals surface area contributed by atoms with Gasteiger partial charge in [0.15, 0.2) is 0 Å². The maximum absolute atomic E-state index is 12.3. The number of hydrogen-bond acceptors (Lipinski definition) is 2. The number of anilines is 1. The molecule has 1 atom stereocenters. The summed E-state index contributed by atoms with van der Waals surface area (Å²) in [5.41, 5.74) is 1.99. The Labute approximate surface area is 134 Å². The Balaban J connectivity index is 2.30. The van der Waals surface area contributed by atoms with Gasteiger partial charge in [0.05, 0.1) is 5.02 Å². The Hall–Kier alpha value is -1.58. The highest BCUT2D eigenvalue weighted by atomic mass is 35.5. The average Bonchev–Trinajstić information content (AvgIpc) is 2.49. The molecule has 1 aromatic carbocycles. The number of nitrogens with one attached hydrogen (secondary N) is 1. The molecule has 5 heteroatoms. The molecule has 2 rings (SSSR count). The minimum absolute atomic E-state index is 0.128. The Kier molecular flexibility index (Phi) is 5.21. The number of aromatic nitrogens is 1. The second-order valence-electron chi connectivity index (χ2n) is 4.82.